The lowest BCUT2D eigenvalue weighted by Crippen LogP contribution is -2.27. The van der Waals surface area contributed by atoms with Crippen LogP contribution in [0.25, 0.3) is 20.4 Å². The molecule has 9 heteroatoms. The van der Waals surface area contributed by atoms with Crippen LogP contribution in [0.2, 0.25) is 0 Å². The normalized spacial score (nSPS) is 10.9. The minimum absolute atomic E-state index is 0.177. The lowest BCUT2D eigenvalue weighted by molar-refractivity contribution is -0.116. The molecule has 8 nitrogen and oxygen atoms in total. The molecule has 28 heavy (non-hydrogen) atoms. The number of nitrogens with zero attached hydrogens (tertiary/aromatic N) is 3. The molecule has 4 rings (SSSR count). The molecule has 0 fully saturated rings. The maximum atomic E-state index is 12.8. The molecule has 4 aromatic rings. The second-order valence-corrected chi connectivity index (χ2v) is 6.93. The fraction of sp³-hybridized carbons (Fsp3) is 0.158. The van der Waals surface area contributed by atoms with Gasteiger partial charge in [-0.1, -0.05) is 0 Å². The van der Waals surface area contributed by atoms with Crippen molar-refractivity contribution >= 4 is 43.4 Å². The van der Waals surface area contributed by atoms with Crippen molar-refractivity contribution in [2.75, 3.05) is 19.5 Å². The van der Waals surface area contributed by atoms with Crippen LogP contribution in [0.4, 0.5) is 5.69 Å². The number of rotatable bonds is 5. The molecule has 0 saturated carbocycles. The summed E-state index contributed by atoms with van der Waals surface area (Å²) in [6.07, 6.45) is 3.05. The van der Waals surface area contributed by atoms with E-state index >= 15 is 0 Å². The number of ether oxygens (including phenoxy) is 2. The number of anilines is 1. The van der Waals surface area contributed by atoms with E-state index in [9.17, 15) is 9.59 Å². The highest BCUT2D eigenvalue weighted by molar-refractivity contribution is 7.25. The van der Waals surface area contributed by atoms with Crippen LogP contribution < -0.4 is 20.3 Å². The highest BCUT2D eigenvalue weighted by Crippen LogP contribution is 2.29. The number of carbonyl (C=O) groups is 1. The Bertz CT molecular complexity index is 1250. The van der Waals surface area contributed by atoms with Crippen molar-refractivity contribution in [1.29, 1.82) is 0 Å². The largest absolute Gasteiger partial charge is 0.497 e. The van der Waals surface area contributed by atoms with Crippen molar-refractivity contribution in [3.8, 4) is 11.5 Å². The maximum absolute atomic E-state index is 12.8. The van der Waals surface area contributed by atoms with Crippen molar-refractivity contribution in [3.05, 3.63) is 53.2 Å². The molecule has 0 aliphatic heterocycles. The molecule has 1 aromatic carbocycles. The summed E-state index contributed by atoms with van der Waals surface area (Å²) in [5.41, 5.74) is 0.782. The van der Waals surface area contributed by atoms with Gasteiger partial charge in [-0.15, -0.1) is 11.3 Å². The molecule has 3 aromatic heterocycles. The first-order chi connectivity index (χ1) is 13.6. The van der Waals surface area contributed by atoms with Crippen LogP contribution in [0, 0.1) is 0 Å². The van der Waals surface area contributed by atoms with Crippen molar-refractivity contribution in [2.45, 2.75) is 6.54 Å². The summed E-state index contributed by atoms with van der Waals surface area (Å²) in [7, 11) is 3.04. The molecule has 0 aliphatic rings. The molecule has 1 N–H and O–H groups in total. The van der Waals surface area contributed by atoms with E-state index in [2.05, 4.69) is 15.3 Å². The molecule has 142 valence electrons. The van der Waals surface area contributed by atoms with E-state index in [1.54, 1.807) is 30.5 Å². The summed E-state index contributed by atoms with van der Waals surface area (Å²) in [4.78, 5) is 34.7. The summed E-state index contributed by atoms with van der Waals surface area (Å²) < 4.78 is 12.2. The summed E-state index contributed by atoms with van der Waals surface area (Å²) in [5.74, 6) is 0.689. The van der Waals surface area contributed by atoms with Crippen molar-refractivity contribution in [2.24, 2.45) is 0 Å². The number of carbonyl (C=O) groups excluding carboxylic acids is 1. The van der Waals surface area contributed by atoms with Gasteiger partial charge in [-0.05, 0) is 24.3 Å². The fourth-order valence-electron chi connectivity index (χ4n) is 2.87. The summed E-state index contributed by atoms with van der Waals surface area (Å²) in [5, 5.41) is 3.58. The number of methoxy groups -OCH3 is 2. The number of hydrogen-bond donors (Lipinski definition) is 1. The van der Waals surface area contributed by atoms with Gasteiger partial charge in [0.25, 0.3) is 5.56 Å². The molecule has 0 spiro atoms. The molecule has 1 amide bonds. The Hall–Kier alpha value is -3.46. The van der Waals surface area contributed by atoms with Crippen molar-refractivity contribution in [1.82, 2.24) is 14.5 Å². The molecular formula is C19H16N4O4S. The standard InChI is InChI=1S/C19H16N4O4S/c1-26-11-5-6-14(27-2)13(8-11)22-15(24)9-23-10-21-16-12-4-3-7-20-18(12)28-17(16)19(23)25/h3-8,10H,9H2,1-2H3,(H,22,24). The topological polar surface area (TPSA) is 95.3 Å². The smallest absolute Gasteiger partial charge is 0.271 e. The molecule has 0 unspecified atom stereocenters. The lowest BCUT2D eigenvalue weighted by atomic mass is 10.2. The van der Waals surface area contributed by atoms with E-state index in [4.69, 9.17) is 9.47 Å². The number of nitrogens with one attached hydrogen (secondary N) is 1. The first-order valence-electron chi connectivity index (χ1n) is 8.35. The van der Waals surface area contributed by atoms with Gasteiger partial charge in [0.05, 0.1) is 31.8 Å². The predicted molar refractivity (Wildman–Crippen MR) is 107 cm³/mol. The minimum atomic E-state index is -0.381. The Balaban J connectivity index is 1.63. The van der Waals surface area contributed by atoms with E-state index in [0.717, 1.165) is 10.2 Å². The predicted octanol–water partition coefficient (Wildman–Crippen LogP) is 2.66. The second kappa shape index (κ2) is 7.28. The Labute approximate surface area is 163 Å². The number of hydrogen-bond acceptors (Lipinski definition) is 7. The number of pyridine rings is 1. The average Bonchev–Trinajstić information content (AvgIpc) is 3.09. The summed E-state index contributed by atoms with van der Waals surface area (Å²) in [6, 6.07) is 8.75. The van der Waals surface area contributed by atoms with Crippen LogP contribution in [-0.4, -0.2) is 34.7 Å². The third-order valence-corrected chi connectivity index (χ3v) is 5.31. The highest BCUT2D eigenvalue weighted by atomic mass is 32.1. The Morgan fingerprint density at radius 2 is 2.07 bits per heavy atom. The maximum Gasteiger partial charge on any atom is 0.271 e. The molecule has 0 aliphatic carbocycles. The van der Waals surface area contributed by atoms with E-state index in [0.29, 0.717) is 27.4 Å². The number of amides is 1. The van der Waals surface area contributed by atoms with E-state index in [-0.39, 0.29) is 18.0 Å². The number of aromatic nitrogens is 3. The van der Waals surface area contributed by atoms with E-state index in [1.807, 2.05) is 6.07 Å². The third-order valence-electron chi connectivity index (χ3n) is 4.22. The SMILES string of the molecule is COc1ccc(OC)c(NC(=O)Cn2cnc3c(sc4ncccc43)c2=O)c1. The van der Waals surface area contributed by atoms with Crippen LogP contribution in [-0.2, 0) is 11.3 Å². The highest BCUT2D eigenvalue weighted by Gasteiger charge is 2.15. The van der Waals surface area contributed by atoms with Crippen LogP contribution in [0.15, 0.2) is 47.7 Å². The zero-order valence-electron chi connectivity index (χ0n) is 15.1. The molecule has 3 heterocycles. The lowest BCUT2D eigenvalue weighted by Gasteiger charge is -2.12. The minimum Gasteiger partial charge on any atom is -0.497 e. The molecule has 0 bridgehead atoms. The Morgan fingerprint density at radius 3 is 2.86 bits per heavy atom. The van der Waals surface area contributed by atoms with E-state index < -0.39 is 0 Å². The monoisotopic (exact) mass is 396 g/mol. The Kier molecular flexibility index (Phi) is 4.66. The van der Waals surface area contributed by atoms with Crippen LogP contribution in [0.3, 0.4) is 0 Å². The molecule has 0 radical (unpaired) electrons. The van der Waals surface area contributed by atoms with E-state index in [1.165, 1.54) is 36.5 Å². The van der Waals surface area contributed by atoms with Crippen LogP contribution in [0.1, 0.15) is 0 Å². The quantitative estimate of drug-likeness (QED) is 0.557. The molecular weight excluding hydrogens is 380 g/mol. The fourth-order valence-corrected chi connectivity index (χ4v) is 3.92. The summed E-state index contributed by atoms with van der Waals surface area (Å²) in [6.45, 7) is -0.177. The first kappa shape index (κ1) is 17.9. The molecule has 0 saturated heterocycles. The van der Waals surface area contributed by atoms with Crippen LogP contribution >= 0.6 is 11.3 Å². The van der Waals surface area contributed by atoms with Gasteiger partial charge in [-0.25, -0.2) is 9.97 Å². The third kappa shape index (κ3) is 3.16. The van der Waals surface area contributed by atoms with Gasteiger partial charge < -0.3 is 14.8 Å². The van der Waals surface area contributed by atoms with Gasteiger partial charge in [0.1, 0.15) is 27.6 Å². The zero-order valence-corrected chi connectivity index (χ0v) is 15.9. The number of benzene rings is 1. The van der Waals surface area contributed by atoms with Gasteiger partial charge in [0, 0.05) is 17.6 Å². The van der Waals surface area contributed by atoms with Crippen molar-refractivity contribution < 1.29 is 14.3 Å². The zero-order chi connectivity index (χ0) is 19.7. The average molecular weight is 396 g/mol. The van der Waals surface area contributed by atoms with Crippen molar-refractivity contribution in [3.63, 3.8) is 0 Å². The van der Waals surface area contributed by atoms with Crippen LogP contribution in [0.5, 0.6) is 11.5 Å². The first-order valence-corrected chi connectivity index (χ1v) is 9.17. The van der Waals surface area contributed by atoms with Gasteiger partial charge in [0.2, 0.25) is 5.91 Å². The van der Waals surface area contributed by atoms with Gasteiger partial charge in [-0.3, -0.25) is 14.2 Å². The van der Waals surface area contributed by atoms with Gasteiger partial charge in [0.15, 0.2) is 0 Å². The Morgan fingerprint density at radius 1 is 1.21 bits per heavy atom. The number of thiophene rings is 1. The van der Waals surface area contributed by atoms with Gasteiger partial charge in [-0.2, -0.15) is 0 Å². The second-order valence-electron chi connectivity index (χ2n) is 5.93. The number of fused-ring (bicyclic) bond motifs is 3. The summed E-state index contributed by atoms with van der Waals surface area (Å²) >= 11 is 1.27. The van der Waals surface area contributed by atoms with Gasteiger partial charge >= 0.3 is 0 Å². The molecule has 0 atom stereocenters.